The second-order valence-electron chi connectivity index (χ2n) is 4.06. The van der Waals surface area contributed by atoms with Gasteiger partial charge in [-0.3, -0.25) is 0 Å². The van der Waals surface area contributed by atoms with E-state index in [1.165, 1.54) is 0 Å². The van der Waals surface area contributed by atoms with Crippen LogP contribution in [0.15, 0.2) is 10.5 Å². The summed E-state index contributed by atoms with van der Waals surface area (Å²) in [6, 6.07) is 1.86. The lowest BCUT2D eigenvalue weighted by Crippen LogP contribution is -2.08. The molecule has 0 amide bonds. The zero-order valence-electron chi connectivity index (χ0n) is 8.26. The molecule has 2 rings (SSSR count). The van der Waals surface area contributed by atoms with E-state index in [1.54, 1.807) is 0 Å². The summed E-state index contributed by atoms with van der Waals surface area (Å²) in [4.78, 5) is 0. The summed E-state index contributed by atoms with van der Waals surface area (Å²) in [5.74, 6) is 0.295. The molecule has 0 saturated heterocycles. The van der Waals surface area contributed by atoms with Gasteiger partial charge in [-0.1, -0.05) is 15.9 Å². The van der Waals surface area contributed by atoms with E-state index in [1.807, 2.05) is 19.9 Å². The Balaban J connectivity index is 2.65. The molecule has 1 saturated carbocycles. The van der Waals surface area contributed by atoms with E-state index >= 15 is 0 Å². The number of aliphatic hydroxyl groups is 1. The van der Waals surface area contributed by atoms with Crippen molar-refractivity contribution in [2.75, 3.05) is 0 Å². The molecule has 1 aromatic rings. The fraction of sp³-hybridized carbons (Fsp3) is 0.455. The molecular formula is C11H13BrO2. The van der Waals surface area contributed by atoms with Crippen LogP contribution in [-0.4, -0.2) is 10.2 Å². The maximum Gasteiger partial charge on any atom is 0.121 e. The molecule has 1 aromatic carbocycles. The van der Waals surface area contributed by atoms with Crippen molar-refractivity contribution in [3.8, 4) is 5.75 Å². The lowest BCUT2D eigenvalue weighted by molar-refractivity contribution is 0.149. The molecular weight excluding hydrogens is 244 g/mol. The summed E-state index contributed by atoms with van der Waals surface area (Å²) in [5, 5.41) is 19.8. The van der Waals surface area contributed by atoms with Crippen molar-refractivity contribution in [3.63, 3.8) is 0 Å². The van der Waals surface area contributed by atoms with Crippen molar-refractivity contribution in [2.24, 2.45) is 0 Å². The van der Waals surface area contributed by atoms with Gasteiger partial charge >= 0.3 is 0 Å². The van der Waals surface area contributed by atoms with E-state index in [2.05, 4.69) is 15.9 Å². The summed E-state index contributed by atoms with van der Waals surface area (Å²) in [5.41, 5.74) is 1.77. The molecule has 14 heavy (non-hydrogen) atoms. The van der Waals surface area contributed by atoms with E-state index in [9.17, 15) is 10.2 Å². The molecule has 0 atom stereocenters. The Kier molecular flexibility index (Phi) is 2.12. The zero-order chi connectivity index (χ0) is 10.5. The Bertz CT molecular complexity index is 395. The molecule has 0 aromatic heterocycles. The number of hydrogen-bond acceptors (Lipinski definition) is 2. The number of aromatic hydroxyl groups is 1. The number of benzene rings is 1. The highest BCUT2D eigenvalue weighted by Crippen LogP contribution is 2.51. The third kappa shape index (κ3) is 1.35. The van der Waals surface area contributed by atoms with Crippen LogP contribution in [0.2, 0.25) is 0 Å². The summed E-state index contributed by atoms with van der Waals surface area (Å²) < 4.78 is 0.894. The van der Waals surface area contributed by atoms with Gasteiger partial charge < -0.3 is 10.2 Å². The van der Waals surface area contributed by atoms with Gasteiger partial charge in [-0.2, -0.15) is 0 Å². The molecule has 0 heterocycles. The van der Waals surface area contributed by atoms with Gasteiger partial charge in [-0.15, -0.1) is 0 Å². The molecule has 0 spiro atoms. The van der Waals surface area contributed by atoms with Crippen LogP contribution in [0.25, 0.3) is 0 Å². The first-order valence-electron chi connectivity index (χ1n) is 4.67. The van der Waals surface area contributed by atoms with E-state index in [0.717, 1.165) is 34.0 Å². The highest BCUT2D eigenvalue weighted by atomic mass is 79.9. The van der Waals surface area contributed by atoms with Gasteiger partial charge in [0.05, 0.1) is 5.60 Å². The SMILES string of the molecule is Cc1cc(Br)c(C2(O)CC2)c(C)c1O. The monoisotopic (exact) mass is 256 g/mol. The third-order valence-electron chi connectivity index (χ3n) is 2.87. The number of phenolic OH excluding ortho intramolecular Hbond substituents is 1. The predicted molar refractivity (Wildman–Crippen MR) is 58.4 cm³/mol. The van der Waals surface area contributed by atoms with E-state index < -0.39 is 5.60 Å². The quantitative estimate of drug-likeness (QED) is 0.812. The van der Waals surface area contributed by atoms with Crippen molar-refractivity contribution in [1.82, 2.24) is 0 Å². The summed E-state index contributed by atoms with van der Waals surface area (Å²) in [6.07, 6.45) is 1.57. The van der Waals surface area contributed by atoms with Crippen molar-refractivity contribution in [1.29, 1.82) is 0 Å². The molecule has 3 heteroatoms. The first-order valence-corrected chi connectivity index (χ1v) is 5.46. The Hall–Kier alpha value is -0.540. The van der Waals surface area contributed by atoms with E-state index in [-0.39, 0.29) is 0 Å². The highest BCUT2D eigenvalue weighted by Gasteiger charge is 2.45. The zero-order valence-corrected chi connectivity index (χ0v) is 9.85. The van der Waals surface area contributed by atoms with Crippen LogP contribution in [-0.2, 0) is 5.60 Å². The Morgan fingerprint density at radius 2 is 1.93 bits per heavy atom. The summed E-state index contributed by atoms with van der Waals surface area (Å²) in [6.45, 7) is 3.70. The second kappa shape index (κ2) is 2.97. The van der Waals surface area contributed by atoms with Gasteiger partial charge in [0.15, 0.2) is 0 Å². The lowest BCUT2D eigenvalue weighted by atomic mass is 9.98. The van der Waals surface area contributed by atoms with Crippen molar-refractivity contribution < 1.29 is 10.2 Å². The Morgan fingerprint density at radius 1 is 1.36 bits per heavy atom. The molecule has 1 aliphatic rings. The molecule has 2 nitrogen and oxygen atoms in total. The van der Waals surface area contributed by atoms with Gasteiger partial charge in [0.1, 0.15) is 5.75 Å². The average Bonchev–Trinajstić information content (AvgIpc) is 2.80. The largest absolute Gasteiger partial charge is 0.507 e. The first-order chi connectivity index (χ1) is 6.46. The smallest absolute Gasteiger partial charge is 0.121 e. The minimum Gasteiger partial charge on any atom is -0.507 e. The molecule has 0 unspecified atom stereocenters. The second-order valence-corrected chi connectivity index (χ2v) is 4.91. The number of aryl methyl sites for hydroxylation is 1. The van der Waals surface area contributed by atoms with Crippen LogP contribution in [0.1, 0.15) is 29.5 Å². The Labute approximate surface area is 91.7 Å². The van der Waals surface area contributed by atoms with Gasteiger partial charge in [0, 0.05) is 10.0 Å². The molecule has 0 bridgehead atoms. The standard InChI is InChI=1S/C11H13BrO2/c1-6-5-8(12)9(7(2)10(6)13)11(14)3-4-11/h5,13-14H,3-4H2,1-2H3. The van der Waals surface area contributed by atoms with Crippen LogP contribution in [0.5, 0.6) is 5.75 Å². The van der Waals surface area contributed by atoms with Crippen LogP contribution in [0.4, 0.5) is 0 Å². The van der Waals surface area contributed by atoms with Gasteiger partial charge in [-0.25, -0.2) is 0 Å². The van der Waals surface area contributed by atoms with Crippen LogP contribution in [0, 0.1) is 13.8 Å². The number of halogens is 1. The van der Waals surface area contributed by atoms with E-state index in [4.69, 9.17) is 0 Å². The molecule has 0 aliphatic heterocycles. The topological polar surface area (TPSA) is 40.5 Å². The molecule has 1 fully saturated rings. The minimum absolute atomic E-state index is 0.295. The fourth-order valence-corrected chi connectivity index (χ4v) is 2.87. The third-order valence-corrected chi connectivity index (χ3v) is 3.50. The predicted octanol–water partition coefficient (Wildman–Crippen LogP) is 2.75. The van der Waals surface area contributed by atoms with Crippen LogP contribution in [0.3, 0.4) is 0 Å². The fourth-order valence-electron chi connectivity index (χ4n) is 1.86. The molecule has 76 valence electrons. The molecule has 0 radical (unpaired) electrons. The average molecular weight is 257 g/mol. The van der Waals surface area contributed by atoms with Crippen molar-refractivity contribution in [2.45, 2.75) is 32.3 Å². The van der Waals surface area contributed by atoms with Crippen LogP contribution < -0.4 is 0 Å². The normalized spacial score (nSPS) is 18.3. The Morgan fingerprint density at radius 3 is 2.43 bits per heavy atom. The van der Waals surface area contributed by atoms with Crippen molar-refractivity contribution >= 4 is 15.9 Å². The summed E-state index contributed by atoms with van der Waals surface area (Å²) >= 11 is 3.44. The summed E-state index contributed by atoms with van der Waals surface area (Å²) in [7, 11) is 0. The first kappa shape index (κ1) is 9.99. The van der Waals surface area contributed by atoms with Gasteiger partial charge in [0.25, 0.3) is 0 Å². The number of rotatable bonds is 1. The van der Waals surface area contributed by atoms with Gasteiger partial charge in [-0.05, 0) is 43.9 Å². The van der Waals surface area contributed by atoms with Gasteiger partial charge in [0.2, 0.25) is 0 Å². The number of hydrogen-bond donors (Lipinski definition) is 2. The lowest BCUT2D eigenvalue weighted by Gasteiger charge is -2.16. The van der Waals surface area contributed by atoms with Crippen LogP contribution >= 0.6 is 15.9 Å². The number of phenols is 1. The minimum atomic E-state index is -0.700. The van der Waals surface area contributed by atoms with E-state index in [0.29, 0.717) is 5.75 Å². The molecule has 1 aliphatic carbocycles. The maximum absolute atomic E-state index is 10.0. The maximum atomic E-state index is 10.0. The molecule has 2 N–H and O–H groups in total. The highest BCUT2D eigenvalue weighted by molar-refractivity contribution is 9.10. The van der Waals surface area contributed by atoms with Crippen molar-refractivity contribution in [3.05, 3.63) is 27.2 Å².